The van der Waals surface area contributed by atoms with E-state index in [1.807, 2.05) is 25.1 Å². The third kappa shape index (κ3) is 4.72. The Morgan fingerprint density at radius 2 is 1.91 bits per heavy atom. The molecule has 0 saturated heterocycles. The van der Waals surface area contributed by atoms with Crippen molar-refractivity contribution in [2.45, 2.75) is 13.3 Å². The van der Waals surface area contributed by atoms with Crippen molar-refractivity contribution in [2.75, 3.05) is 30.9 Å². The summed E-state index contributed by atoms with van der Waals surface area (Å²) in [5.74, 6) is 2.18. The molecule has 1 aromatic heterocycles. The fourth-order valence-corrected chi connectivity index (χ4v) is 1.93. The Labute approximate surface area is 130 Å². The molecule has 0 bridgehead atoms. The monoisotopic (exact) mass is 297 g/mol. The van der Waals surface area contributed by atoms with Crippen LogP contribution in [0.1, 0.15) is 17.8 Å². The van der Waals surface area contributed by atoms with E-state index in [0.717, 1.165) is 24.5 Å². The van der Waals surface area contributed by atoms with Crippen molar-refractivity contribution in [3.63, 3.8) is 0 Å². The van der Waals surface area contributed by atoms with Crippen LogP contribution in [-0.4, -0.2) is 30.2 Å². The predicted molar refractivity (Wildman–Crippen MR) is 86.2 cm³/mol. The summed E-state index contributed by atoms with van der Waals surface area (Å²) in [5.41, 5.74) is 1.51. The van der Waals surface area contributed by atoms with Crippen LogP contribution >= 0.6 is 0 Å². The van der Waals surface area contributed by atoms with Gasteiger partial charge in [-0.1, -0.05) is 0 Å². The summed E-state index contributed by atoms with van der Waals surface area (Å²) in [6.45, 7) is 3.36. The summed E-state index contributed by atoms with van der Waals surface area (Å²) in [4.78, 5) is 8.72. The molecule has 2 N–H and O–H groups in total. The summed E-state index contributed by atoms with van der Waals surface area (Å²) in [6, 6.07) is 11.2. The fourth-order valence-electron chi connectivity index (χ4n) is 1.93. The molecule has 0 amide bonds. The largest absolute Gasteiger partial charge is 0.385 e. The second kappa shape index (κ2) is 7.96. The molecular formula is C16H19N5O. The molecule has 1 heterocycles. The van der Waals surface area contributed by atoms with Gasteiger partial charge in [0.05, 0.1) is 11.6 Å². The number of rotatable bonds is 7. The molecule has 6 nitrogen and oxygen atoms in total. The molecule has 0 atom stereocenters. The van der Waals surface area contributed by atoms with E-state index in [1.165, 1.54) is 0 Å². The van der Waals surface area contributed by atoms with Gasteiger partial charge < -0.3 is 15.4 Å². The quantitative estimate of drug-likeness (QED) is 0.765. The zero-order chi connectivity index (χ0) is 15.8. The van der Waals surface area contributed by atoms with E-state index >= 15 is 0 Å². The van der Waals surface area contributed by atoms with Gasteiger partial charge in [0.2, 0.25) is 0 Å². The van der Waals surface area contributed by atoms with Crippen LogP contribution < -0.4 is 10.6 Å². The van der Waals surface area contributed by atoms with Crippen LogP contribution in [0.15, 0.2) is 30.3 Å². The molecular weight excluding hydrogens is 278 g/mol. The minimum absolute atomic E-state index is 0.630. The van der Waals surface area contributed by atoms with Crippen LogP contribution in [0.25, 0.3) is 0 Å². The maximum atomic E-state index is 8.80. The highest BCUT2D eigenvalue weighted by molar-refractivity contribution is 5.60. The van der Waals surface area contributed by atoms with Gasteiger partial charge in [-0.2, -0.15) is 5.26 Å². The van der Waals surface area contributed by atoms with Crippen LogP contribution in [-0.2, 0) is 4.74 Å². The molecule has 2 aromatic rings. The van der Waals surface area contributed by atoms with E-state index in [9.17, 15) is 0 Å². The van der Waals surface area contributed by atoms with Gasteiger partial charge in [0, 0.05) is 32.0 Å². The third-order valence-electron chi connectivity index (χ3n) is 2.96. The molecule has 22 heavy (non-hydrogen) atoms. The van der Waals surface area contributed by atoms with Crippen molar-refractivity contribution in [3.8, 4) is 6.07 Å². The Balaban J connectivity index is 2.03. The topological polar surface area (TPSA) is 82.9 Å². The number of aryl methyl sites for hydroxylation is 1. The number of nitrogens with zero attached hydrogens (tertiary/aromatic N) is 3. The van der Waals surface area contributed by atoms with Gasteiger partial charge in [-0.05, 0) is 37.6 Å². The summed E-state index contributed by atoms with van der Waals surface area (Å²) in [7, 11) is 1.69. The summed E-state index contributed by atoms with van der Waals surface area (Å²) in [5, 5.41) is 15.3. The van der Waals surface area contributed by atoms with Gasteiger partial charge >= 0.3 is 0 Å². The number of hydrogen-bond acceptors (Lipinski definition) is 6. The third-order valence-corrected chi connectivity index (χ3v) is 2.96. The molecule has 1 aromatic carbocycles. The number of hydrogen-bond donors (Lipinski definition) is 2. The number of benzene rings is 1. The average molecular weight is 297 g/mol. The van der Waals surface area contributed by atoms with Gasteiger partial charge in [0.15, 0.2) is 0 Å². The van der Waals surface area contributed by atoms with Crippen molar-refractivity contribution in [1.82, 2.24) is 9.97 Å². The van der Waals surface area contributed by atoms with E-state index in [4.69, 9.17) is 10.00 Å². The first-order chi connectivity index (χ1) is 10.7. The van der Waals surface area contributed by atoms with Crippen molar-refractivity contribution in [1.29, 1.82) is 5.26 Å². The first-order valence-electron chi connectivity index (χ1n) is 7.07. The predicted octanol–water partition coefficient (Wildman–Crippen LogP) is 2.85. The normalized spacial score (nSPS) is 10.0. The molecule has 0 aliphatic carbocycles. The number of nitrogens with one attached hydrogen (secondary N) is 2. The molecule has 2 rings (SSSR count). The number of nitriles is 1. The maximum absolute atomic E-state index is 8.80. The average Bonchev–Trinajstić information content (AvgIpc) is 2.52. The number of anilines is 3. The molecule has 0 saturated carbocycles. The zero-order valence-corrected chi connectivity index (χ0v) is 12.8. The molecule has 6 heteroatoms. The highest BCUT2D eigenvalue weighted by Gasteiger charge is 2.02. The molecule has 114 valence electrons. The van der Waals surface area contributed by atoms with Gasteiger partial charge in [-0.15, -0.1) is 0 Å². The minimum Gasteiger partial charge on any atom is -0.385 e. The number of aromatic nitrogens is 2. The number of methoxy groups -OCH3 is 1. The van der Waals surface area contributed by atoms with Crippen LogP contribution in [0.4, 0.5) is 17.3 Å². The van der Waals surface area contributed by atoms with E-state index in [-0.39, 0.29) is 0 Å². The number of ether oxygens (including phenoxy) is 1. The molecule has 0 fully saturated rings. The van der Waals surface area contributed by atoms with Crippen molar-refractivity contribution >= 4 is 17.3 Å². The van der Waals surface area contributed by atoms with Crippen LogP contribution in [0.5, 0.6) is 0 Å². The van der Waals surface area contributed by atoms with Gasteiger partial charge in [-0.25, -0.2) is 9.97 Å². The SMILES string of the molecule is COCCCNc1cc(Nc2ccc(C#N)cc2)nc(C)n1. The zero-order valence-electron chi connectivity index (χ0n) is 12.8. The minimum atomic E-state index is 0.630. The second-order valence-corrected chi connectivity index (χ2v) is 4.77. The van der Waals surface area contributed by atoms with E-state index in [1.54, 1.807) is 19.2 Å². The molecule has 0 unspecified atom stereocenters. The van der Waals surface area contributed by atoms with Crippen molar-refractivity contribution in [2.24, 2.45) is 0 Å². The lowest BCUT2D eigenvalue weighted by Crippen LogP contribution is -2.08. The van der Waals surface area contributed by atoms with Crippen LogP contribution in [0, 0.1) is 18.3 Å². The smallest absolute Gasteiger partial charge is 0.136 e. The Morgan fingerprint density at radius 3 is 2.59 bits per heavy atom. The van der Waals surface area contributed by atoms with Gasteiger partial charge in [-0.3, -0.25) is 0 Å². The van der Waals surface area contributed by atoms with Crippen LogP contribution in [0.2, 0.25) is 0 Å². The Morgan fingerprint density at radius 1 is 1.18 bits per heavy atom. The Hall–Kier alpha value is -2.65. The van der Waals surface area contributed by atoms with Gasteiger partial charge in [0.1, 0.15) is 17.5 Å². The molecule has 0 spiro atoms. The van der Waals surface area contributed by atoms with Crippen LogP contribution in [0.3, 0.4) is 0 Å². The summed E-state index contributed by atoms with van der Waals surface area (Å²) in [6.07, 6.45) is 0.915. The lowest BCUT2D eigenvalue weighted by Gasteiger charge is -2.10. The standard InChI is InChI=1S/C16H19N5O/c1-12-19-15(18-8-3-9-22-2)10-16(20-12)21-14-6-4-13(11-17)5-7-14/h4-7,10H,3,8-9H2,1-2H3,(H2,18,19,20,21). The second-order valence-electron chi connectivity index (χ2n) is 4.77. The highest BCUT2D eigenvalue weighted by Crippen LogP contribution is 2.17. The van der Waals surface area contributed by atoms with Gasteiger partial charge in [0.25, 0.3) is 0 Å². The Kier molecular flexibility index (Phi) is 5.69. The maximum Gasteiger partial charge on any atom is 0.136 e. The van der Waals surface area contributed by atoms with E-state index < -0.39 is 0 Å². The molecule has 0 aliphatic heterocycles. The fraction of sp³-hybridized carbons (Fsp3) is 0.312. The summed E-state index contributed by atoms with van der Waals surface area (Å²) < 4.78 is 5.02. The summed E-state index contributed by atoms with van der Waals surface area (Å²) >= 11 is 0. The first-order valence-corrected chi connectivity index (χ1v) is 7.07. The van der Waals surface area contributed by atoms with Crippen molar-refractivity contribution in [3.05, 3.63) is 41.7 Å². The Bertz CT molecular complexity index is 649. The first kappa shape index (κ1) is 15.7. The molecule has 0 aliphatic rings. The van der Waals surface area contributed by atoms with E-state index in [2.05, 4.69) is 26.7 Å². The lowest BCUT2D eigenvalue weighted by molar-refractivity contribution is 0.198. The molecule has 0 radical (unpaired) electrons. The highest BCUT2D eigenvalue weighted by atomic mass is 16.5. The van der Waals surface area contributed by atoms with Crippen molar-refractivity contribution < 1.29 is 4.74 Å². The lowest BCUT2D eigenvalue weighted by atomic mass is 10.2. The van der Waals surface area contributed by atoms with E-state index in [0.29, 0.717) is 23.8 Å².